The predicted molar refractivity (Wildman–Crippen MR) is 68.5 cm³/mol. The van der Waals surface area contributed by atoms with E-state index < -0.39 is 5.60 Å². The van der Waals surface area contributed by atoms with Gasteiger partial charge in [-0.1, -0.05) is 26.0 Å². The normalized spacial score (nSPS) is 15.0. The zero-order valence-electron chi connectivity index (χ0n) is 11.0. The smallest absolute Gasteiger partial charge is 0.126 e. The summed E-state index contributed by atoms with van der Waals surface area (Å²) in [7, 11) is 0. The second-order valence-electron chi connectivity index (χ2n) is 5.10. The summed E-state index contributed by atoms with van der Waals surface area (Å²) in [6, 6.07) is 5.18. The number of hydrogen-bond acceptors (Lipinski definition) is 2. The fraction of sp³-hybridized carbons (Fsp3) is 0.571. The first-order valence-electron chi connectivity index (χ1n) is 6.05. The van der Waals surface area contributed by atoms with E-state index in [-0.39, 0.29) is 5.82 Å². The average Bonchev–Trinajstić information content (AvgIpc) is 2.21. The molecule has 1 rings (SSSR count). The number of aliphatic hydroxyl groups is 1. The molecule has 96 valence electrons. The van der Waals surface area contributed by atoms with Crippen molar-refractivity contribution in [3.05, 3.63) is 35.1 Å². The molecule has 0 amide bonds. The van der Waals surface area contributed by atoms with E-state index in [0.29, 0.717) is 18.0 Å². The molecule has 3 heteroatoms. The van der Waals surface area contributed by atoms with Gasteiger partial charge in [-0.2, -0.15) is 0 Å². The summed E-state index contributed by atoms with van der Waals surface area (Å²) in [5.41, 5.74) is 0.418. The summed E-state index contributed by atoms with van der Waals surface area (Å²) in [6.45, 7) is 8.34. The molecule has 2 nitrogen and oxygen atoms in total. The Morgan fingerprint density at radius 1 is 1.41 bits per heavy atom. The molecule has 0 saturated carbocycles. The van der Waals surface area contributed by atoms with Crippen LogP contribution in [0.15, 0.2) is 18.2 Å². The third kappa shape index (κ3) is 4.10. The van der Waals surface area contributed by atoms with Crippen LogP contribution in [-0.2, 0) is 5.60 Å². The fourth-order valence-electron chi connectivity index (χ4n) is 1.73. The van der Waals surface area contributed by atoms with Crippen LogP contribution in [0.25, 0.3) is 0 Å². The number of hydrogen-bond donors (Lipinski definition) is 2. The molecule has 0 fully saturated rings. The SMILES string of the molecule is Cc1cc(C(C)(O)CCNC(C)C)ccc1F. The van der Waals surface area contributed by atoms with Crippen molar-refractivity contribution in [1.82, 2.24) is 5.32 Å². The van der Waals surface area contributed by atoms with E-state index >= 15 is 0 Å². The lowest BCUT2D eigenvalue weighted by molar-refractivity contribution is 0.0474. The monoisotopic (exact) mass is 239 g/mol. The van der Waals surface area contributed by atoms with Gasteiger partial charge in [0, 0.05) is 6.04 Å². The highest BCUT2D eigenvalue weighted by Gasteiger charge is 2.23. The number of benzene rings is 1. The molecular weight excluding hydrogens is 217 g/mol. The van der Waals surface area contributed by atoms with Gasteiger partial charge in [0.1, 0.15) is 5.82 Å². The van der Waals surface area contributed by atoms with E-state index in [2.05, 4.69) is 19.2 Å². The van der Waals surface area contributed by atoms with Gasteiger partial charge < -0.3 is 10.4 Å². The molecule has 0 spiro atoms. The molecular formula is C14H22FNO. The van der Waals surface area contributed by atoms with Crippen molar-refractivity contribution >= 4 is 0 Å². The van der Waals surface area contributed by atoms with Gasteiger partial charge in [-0.15, -0.1) is 0 Å². The molecule has 1 aromatic rings. The van der Waals surface area contributed by atoms with E-state index in [1.54, 1.807) is 26.0 Å². The lowest BCUT2D eigenvalue weighted by Gasteiger charge is -2.25. The first kappa shape index (κ1) is 14.1. The molecule has 0 radical (unpaired) electrons. The summed E-state index contributed by atoms with van der Waals surface area (Å²) in [4.78, 5) is 0. The van der Waals surface area contributed by atoms with Crippen LogP contribution in [0.1, 0.15) is 38.3 Å². The van der Waals surface area contributed by atoms with Crippen molar-refractivity contribution < 1.29 is 9.50 Å². The quantitative estimate of drug-likeness (QED) is 0.828. The van der Waals surface area contributed by atoms with Crippen molar-refractivity contribution in [2.45, 2.75) is 45.8 Å². The van der Waals surface area contributed by atoms with Crippen LogP contribution in [0.5, 0.6) is 0 Å². The summed E-state index contributed by atoms with van der Waals surface area (Å²) >= 11 is 0. The van der Waals surface area contributed by atoms with Gasteiger partial charge in [0.2, 0.25) is 0 Å². The minimum Gasteiger partial charge on any atom is -0.385 e. The lowest BCUT2D eigenvalue weighted by atomic mass is 9.91. The summed E-state index contributed by atoms with van der Waals surface area (Å²) < 4.78 is 13.2. The number of nitrogens with one attached hydrogen (secondary N) is 1. The van der Waals surface area contributed by atoms with Crippen molar-refractivity contribution in [2.24, 2.45) is 0 Å². The van der Waals surface area contributed by atoms with Gasteiger partial charge in [0.25, 0.3) is 0 Å². The highest BCUT2D eigenvalue weighted by atomic mass is 19.1. The Hall–Kier alpha value is -0.930. The molecule has 1 unspecified atom stereocenters. The van der Waals surface area contributed by atoms with Crippen LogP contribution < -0.4 is 5.32 Å². The molecule has 0 heterocycles. The van der Waals surface area contributed by atoms with E-state index in [9.17, 15) is 9.50 Å². The average molecular weight is 239 g/mol. The Morgan fingerprint density at radius 2 is 2.06 bits per heavy atom. The van der Waals surface area contributed by atoms with Crippen LogP contribution in [0.2, 0.25) is 0 Å². The van der Waals surface area contributed by atoms with E-state index in [1.807, 2.05) is 0 Å². The highest BCUT2D eigenvalue weighted by Crippen LogP contribution is 2.25. The van der Waals surface area contributed by atoms with Crippen LogP contribution >= 0.6 is 0 Å². The van der Waals surface area contributed by atoms with Crippen molar-refractivity contribution in [3.63, 3.8) is 0 Å². The van der Waals surface area contributed by atoms with Crippen molar-refractivity contribution in [3.8, 4) is 0 Å². The minimum atomic E-state index is -0.916. The van der Waals surface area contributed by atoms with E-state index in [1.165, 1.54) is 6.07 Å². The Bertz CT molecular complexity index is 374. The summed E-state index contributed by atoms with van der Waals surface area (Å²) in [5.74, 6) is -0.232. The molecule has 0 aliphatic heterocycles. The van der Waals surface area contributed by atoms with Gasteiger partial charge in [-0.05, 0) is 44.0 Å². The van der Waals surface area contributed by atoms with Crippen molar-refractivity contribution in [1.29, 1.82) is 0 Å². The summed E-state index contributed by atoms with van der Waals surface area (Å²) in [6.07, 6.45) is 0.607. The van der Waals surface area contributed by atoms with Crippen LogP contribution in [0.3, 0.4) is 0 Å². The van der Waals surface area contributed by atoms with Gasteiger partial charge in [-0.25, -0.2) is 4.39 Å². The lowest BCUT2D eigenvalue weighted by Crippen LogP contribution is -2.31. The Labute approximate surface area is 103 Å². The molecule has 0 aliphatic carbocycles. The highest BCUT2D eigenvalue weighted by molar-refractivity contribution is 5.28. The number of rotatable bonds is 5. The number of halogens is 1. The van der Waals surface area contributed by atoms with Crippen LogP contribution in [0.4, 0.5) is 4.39 Å². The third-order valence-electron chi connectivity index (χ3n) is 2.94. The first-order valence-corrected chi connectivity index (χ1v) is 6.05. The molecule has 0 saturated heterocycles. The fourth-order valence-corrected chi connectivity index (χ4v) is 1.73. The number of aryl methyl sites for hydroxylation is 1. The molecule has 0 aromatic heterocycles. The Kier molecular flexibility index (Phi) is 4.66. The van der Waals surface area contributed by atoms with E-state index in [0.717, 1.165) is 12.1 Å². The van der Waals surface area contributed by atoms with Gasteiger partial charge in [-0.3, -0.25) is 0 Å². The molecule has 2 N–H and O–H groups in total. The molecule has 17 heavy (non-hydrogen) atoms. The largest absolute Gasteiger partial charge is 0.385 e. The minimum absolute atomic E-state index is 0.232. The molecule has 0 aliphatic rings. The summed E-state index contributed by atoms with van der Waals surface area (Å²) in [5, 5.41) is 13.6. The Morgan fingerprint density at radius 3 is 2.59 bits per heavy atom. The molecule has 1 aromatic carbocycles. The Balaban J connectivity index is 2.71. The third-order valence-corrected chi connectivity index (χ3v) is 2.94. The second kappa shape index (κ2) is 5.61. The molecule has 0 bridgehead atoms. The standard InChI is InChI=1S/C14H22FNO/c1-10(2)16-8-7-14(4,17)12-5-6-13(15)11(3)9-12/h5-6,9-10,16-17H,7-8H2,1-4H3. The zero-order valence-corrected chi connectivity index (χ0v) is 11.0. The second-order valence-corrected chi connectivity index (χ2v) is 5.10. The maximum Gasteiger partial charge on any atom is 0.126 e. The maximum absolute atomic E-state index is 13.2. The van der Waals surface area contributed by atoms with Gasteiger partial charge in [0.15, 0.2) is 0 Å². The van der Waals surface area contributed by atoms with Crippen LogP contribution in [0, 0.1) is 12.7 Å². The predicted octanol–water partition coefficient (Wildman–Crippen LogP) is 2.73. The van der Waals surface area contributed by atoms with Gasteiger partial charge >= 0.3 is 0 Å². The first-order chi connectivity index (χ1) is 7.83. The van der Waals surface area contributed by atoms with Crippen molar-refractivity contribution in [2.75, 3.05) is 6.54 Å². The molecule has 1 atom stereocenters. The zero-order chi connectivity index (χ0) is 13.1. The maximum atomic E-state index is 13.2. The van der Waals surface area contributed by atoms with Gasteiger partial charge in [0.05, 0.1) is 5.60 Å². The van der Waals surface area contributed by atoms with Crippen LogP contribution in [-0.4, -0.2) is 17.7 Å². The topological polar surface area (TPSA) is 32.3 Å². The van der Waals surface area contributed by atoms with E-state index in [4.69, 9.17) is 0 Å².